The Bertz CT molecular complexity index is 544. The highest BCUT2D eigenvalue weighted by atomic mass is 16.6. The van der Waals surface area contributed by atoms with Crippen molar-refractivity contribution in [3.05, 3.63) is 29.3 Å². The van der Waals surface area contributed by atoms with Crippen LogP contribution in [0.3, 0.4) is 0 Å². The lowest BCUT2D eigenvalue weighted by atomic mass is 10.0. The molecule has 1 unspecified atom stereocenters. The van der Waals surface area contributed by atoms with E-state index in [4.69, 9.17) is 4.74 Å². The normalized spacial score (nSPS) is 21.2. The first-order chi connectivity index (χ1) is 7.42. The van der Waals surface area contributed by atoms with Gasteiger partial charge in [0, 0.05) is 5.56 Å². The topological polar surface area (TPSA) is 56.1 Å². The molecule has 1 saturated heterocycles. The van der Waals surface area contributed by atoms with Crippen LogP contribution in [0.1, 0.15) is 17.2 Å². The second-order valence-electron chi connectivity index (χ2n) is 3.90. The number of hydrogen-bond donors (Lipinski definition) is 0. The van der Waals surface area contributed by atoms with Gasteiger partial charge in [0.25, 0.3) is 0 Å². The number of tetrazole rings is 1. The molecule has 0 radical (unpaired) electrons. The molecule has 0 aliphatic carbocycles. The molecule has 74 valence electrons. The number of aromatic nitrogens is 4. The fourth-order valence-electron chi connectivity index (χ4n) is 2.07. The van der Waals surface area contributed by atoms with E-state index in [1.54, 1.807) is 0 Å². The van der Waals surface area contributed by atoms with Gasteiger partial charge in [-0.3, -0.25) is 0 Å². The molecule has 0 bridgehead atoms. The molecule has 5 nitrogen and oxygen atoms in total. The van der Waals surface area contributed by atoms with E-state index in [2.05, 4.69) is 33.7 Å². The van der Waals surface area contributed by atoms with Crippen LogP contribution in [0.15, 0.2) is 18.2 Å². The number of ether oxygens (including phenoxy) is 1. The Morgan fingerprint density at radius 1 is 1.40 bits per heavy atom. The van der Waals surface area contributed by atoms with Crippen LogP contribution in [0, 0.1) is 0 Å². The zero-order valence-electron chi connectivity index (χ0n) is 7.92. The standard InChI is InChI=1S/C10H8N4O/c1-2-8-7(3-6(1)9-5-15-9)4-14-10(8)11-12-13-14/h1-3,9H,4-5H2. The van der Waals surface area contributed by atoms with Crippen molar-refractivity contribution < 1.29 is 4.74 Å². The Morgan fingerprint density at radius 2 is 2.33 bits per heavy atom. The molecule has 15 heavy (non-hydrogen) atoms. The highest BCUT2D eigenvalue weighted by Crippen LogP contribution is 2.35. The maximum atomic E-state index is 5.26. The highest BCUT2D eigenvalue weighted by Gasteiger charge is 2.28. The van der Waals surface area contributed by atoms with Gasteiger partial charge in [-0.2, -0.15) is 0 Å². The zero-order valence-corrected chi connectivity index (χ0v) is 7.92. The van der Waals surface area contributed by atoms with Gasteiger partial charge in [0.05, 0.1) is 13.2 Å². The van der Waals surface area contributed by atoms with Gasteiger partial charge in [0.15, 0.2) is 5.82 Å². The van der Waals surface area contributed by atoms with Crippen molar-refractivity contribution in [3.63, 3.8) is 0 Å². The SMILES string of the molecule is c1cc2c(cc1C1CO1)Cn1nnnc1-2. The van der Waals surface area contributed by atoms with Gasteiger partial charge >= 0.3 is 0 Å². The molecule has 0 saturated carbocycles. The molecular weight excluding hydrogens is 192 g/mol. The van der Waals surface area contributed by atoms with Crippen molar-refractivity contribution in [3.8, 4) is 11.4 Å². The third kappa shape index (κ3) is 0.979. The monoisotopic (exact) mass is 200 g/mol. The summed E-state index contributed by atoms with van der Waals surface area (Å²) in [5.41, 5.74) is 3.66. The fraction of sp³-hybridized carbons (Fsp3) is 0.300. The minimum atomic E-state index is 0.314. The fourth-order valence-corrected chi connectivity index (χ4v) is 2.07. The van der Waals surface area contributed by atoms with E-state index in [-0.39, 0.29) is 0 Å². The van der Waals surface area contributed by atoms with E-state index in [0.29, 0.717) is 6.10 Å². The molecule has 1 aromatic carbocycles. The third-order valence-corrected chi connectivity index (χ3v) is 2.93. The Morgan fingerprint density at radius 3 is 3.20 bits per heavy atom. The maximum absolute atomic E-state index is 5.26. The summed E-state index contributed by atoms with van der Waals surface area (Å²) in [5.74, 6) is 0.869. The molecule has 0 amide bonds. The molecule has 2 aliphatic rings. The molecule has 2 aromatic rings. The molecule has 5 heteroatoms. The predicted molar refractivity (Wildman–Crippen MR) is 51.0 cm³/mol. The van der Waals surface area contributed by atoms with E-state index in [1.807, 2.05) is 4.68 Å². The summed E-state index contributed by atoms with van der Waals surface area (Å²) < 4.78 is 7.08. The summed E-state index contributed by atoms with van der Waals surface area (Å²) in [4.78, 5) is 0. The van der Waals surface area contributed by atoms with Crippen LogP contribution >= 0.6 is 0 Å². The summed E-state index contributed by atoms with van der Waals surface area (Å²) in [5, 5.41) is 11.6. The van der Waals surface area contributed by atoms with Gasteiger partial charge in [-0.15, -0.1) is 5.10 Å². The van der Waals surface area contributed by atoms with Crippen LogP contribution in [-0.2, 0) is 11.3 Å². The highest BCUT2D eigenvalue weighted by molar-refractivity contribution is 5.64. The average molecular weight is 200 g/mol. The zero-order chi connectivity index (χ0) is 9.83. The lowest BCUT2D eigenvalue weighted by molar-refractivity contribution is 0.415. The Kier molecular flexibility index (Phi) is 1.22. The number of hydrogen-bond acceptors (Lipinski definition) is 4. The minimum Gasteiger partial charge on any atom is -0.368 e. The van der Waals surface area contributed by atoms with Crippen LogP contribution in [0.25, 0.3) is 11.4 Å². The molecule has 2 aliphatic heterocycles. The first kappa shape index (κ1) is 7.53. The predicted octanol–water partition coefficient (Wildman–Crippen LogP) is 0.773. The maximum Gasteiger partial charge on any atom is 0.182 e. The molecule has 1 fully saturated rings. The number of rotatable bonds is 1. The number of fused-ring (bicyclic) bond motifs is 3. The second-order valence-corrected chi connectivity index (χ2v) is 3.90. The minimum absolute atomic E-state index is 0.314. The smallest absolute Gasteiger partial charge is 0.182 e. The largest absolute Gasteiger partial charge is 0.368 e. The lowest BCUT2D eigenvalue weighted by Gasteiger charge is -2.00. The first-order valence-corrected chi connectivity index (χ1v) is 4.93. The number of nitrogens with zero attached hydrogens (tertiary/aromatic N) is 4. The number of epoxide rings is 1. The first-order valence-electron chi connectivity index (χ1n) is 4.93. The van der Waals surface area contributed by atoms with Crippen molar-refractivity contribution in [1.29, 1.82) is 0 Å². The lowest BCUT2D eigenvalue weighted by Crippen LogP contribution is -1.95. The molecule has 0 spiro atoms. The summed E-state index contributed by atoms with van der Waals surface area (Å²) in [7, 11) is 0. The quantitative estimate of drug-likeness (QED) is 0.544. The molecule has 1 aromatic heterocycles. The summed E-state index contributed by atoms with van der Waals surface area (Å²) in [6, 6.07) is 6.37. The number of benzene rings is 1. The van der Waals surface area contributed by atoms with Gasteiger partial charge in [0.2, 0.25) is 0 Å². The van der Waals surface area contributed by atoms with E-state index in [9.17, 15) is 0 Å². The van der Waals surface area contributed by atoms with E-state index < -0.39 is 0 Å². The van der Waals surface area contributed by atoms with Gasteiger partial charge in [0.1, 0.15) is 6.10 Å². The molecule has 3 heterocycles. The van der Waals surface area contributed by atoms with Crippen LogP contribution < -0.4 is 0 Å². The van der Waals surface area contributed by atoms with Gasteiger partial charge in [-0.1, -0.05) is 18.2 Å². The molecule has 1 atom stereocenters. The van der Waals surface area contributed by atoms with Crippen LogP contribution in [0.4, 0.5) is 0 Å². The van der Waals surface area contributed by atoms with Crippen molar-refractivity contribution >= 4 is 0 Å². The average Bonchev–Trinajstić information content (AvgIpc) is 2.90. The van der Waals surface area contributed by atoms with Crippen molar-refractivity contribution in [2.75, 3.05) is 6.61 Å². The molecular formula is C10H8N4O. The Labute approximate surface area is 85.7 Å². The summed E-state index contributed by atoms with van der Waals surface area (Å²) in [6.07, 6.45) is 0.314. The van der Waals surface area contributed by atoms with E-state index in [0.717, 1.165) is 24.5 Å². The Hall–Kier alpha value is -1.75. The van der Waals surface area contributed by atoms with Gasteiger partial charge in [-0.05, 0) is 21.6 Å². The third-order valence-electron chi connectivity index (χ3n) is 2.93. The van der Waals surface area contributed by atoms with Crippen LogP contribution in [-0.4, -0.2) is 26.8 Å². The molecule has 0 N–H and O–H groups in total. The second kappa shape index (κ2) is 2.43. The van der Waals surface area contributed by atoms with E-state index in [1.165, 1.54) is 11.1 Å². The van der Waals surface area contributed by atoms with Crippen LogP contribution in [0.5, 0.6) is 0 Å². The van der Waals surface area contributed by atoms with Crippen LogP contribution in [0.2, 0.25) is 0 Å². The summed E-state index contributed by atoms with van der Waals surface area (Å²) in [6.45, 7) is 1.63. The van der Waals surface area contributed by atoms with Crippen molar-refractivity contribution in [1.82, 2.24) is 20.2 Å². The van der Waals surface area contributed by atoms with E-state index >= 15 is 0 Å². The van der Waals surface area contributed by atoms with Crippen molar-refractivity contribution in [2.24, 2.45) is 0 Å². The van der Waals surface area contributed by atoms with Gasteiger partial charge in [-0.25, -0.2) is 4.68 Å². The Balaban J connectivity index is 1.88. The molecule has 4 rings (SSSR count). The van der Waals surface area contributed by atoms with Crippen molar-refractivity contribution in [2.45, 2.75) is 12.6 Å². The summed E-state index contributed by atoms with van der Waals surface area (Å²) >= 11 is 0. The van der Waals surface area contributed by atoms with Gasteiger partial charge < -0.3 is 4.74 Å².